The van der Waals surface area contributed by atoms with Gasteiger partial charge >= 0.3 is 5.97 Å². The van der Waals surface area contributed by atoms with Crippen LogP contribution in [0.15, 0.2) is 41.8 Å². The Kier molecular flexibility index (Phi) is 7.12. The Morgan fingerprint density at radius 2 is 1.88 bits per heavy atom. The summed E-state index contributed by atoms with van der Waals surface area (Å²) in [5.74, 6) is -1.44. The van der Waals surface area contributed by atoms with Crippen LogP contribution in [0.5, 0.6) is 0 Å². The molecule has 0 fully saturated rings. The first-order valence-electron chi connectivity index (χ1n) is 7.39. The first-order chi connectivity index (χ1) is 11.2. The van der Waals surface area contributed by atoms with Crippen LogP contribution in [0.1, 0.15) is 24.2 Å². The topological polar surface area (TPSA) is 104 Å². The van der Waals surface area contributed by atoms with E-state index in [0.717, 1.165) is 0 Å². The Morgan fingerprint density at radius 3 is 2.33 bits per heavy atom. The van der Waals surface area contributed by atoms with E-state index in [2.05, 4.69) is 11.3 Å². The number of rotatable bonds is 9. The van der Waals surface area contributed by atoms with E-state index in [9.17, 15) is 18.0 Å². The zero-order chi connectivity index (χ0) is 18.3. The average Bonchev–Trinajstić information content (AvgIpc) is 2.51. The summed E-state index contributed by atoms with van der Waals surface area (Å²) in [5, 5.41) is 8.94. The highest BCUT2D eigenvalue weighted by Crippen LogP contribution is 2.13. The minimum absolute atomic E-state index is 0.0227. The van der Waals surface area contributed by atoms with Crippen molar-refractivity contribution in [2.75, 3.05) is 19.6 Å². The normalized spacial score (nSPS) is 11.3. The van der Waals surface area contributed by atoms with Crippen molar-refractivity contribution in [3.63, 3.8) is 0 Å². The van der Waals surface area contributed by atoms with Crippen LogP contribution < -0.4 is 4.72 Å². The number of hydrogen-bond acceptors (Lipinski definition) is 4. The second-order valence-corrected chi connectivity index (χ2v) is 7.41. The van der Waals surface area contributed by atoms with Gasteiger partial charge in [-0.05, 0) is 30.2 Å². The molecule has 0 atom stereocenters. The molecule has 132 valence electrons. The molecular formula is C16H22N2O5S. The molecule has 8 heteroatoms. The second-order valence-electron chi connectivity index (χ2n) is 5.64. The number of sulfonamides is 1. The minimum atomic E-state index is -3.66. The lowest BCUT2D eigenvalue weighted by Gasteiger charge is -2.22. The molecule has 2 N–H and O–H groups in total. The van der Waals surface area contributed by atoms with Gasteiger partial charge in [0.25, 0.3) is 5.91 Å². The van der Waals surface area contributed by atoms with Crippen LogP contribution in [0, 0.1) is 5.92 Å². The molecule has 0 unspecified atom stereocenters. The Bertz CT molecular complexity index is 696. The summed E-state index contributed by atoms with van der Waals surface area (Å²) in [6.07, 6.45) is 1.42. The molecule has 0 bridgehead atoms. The lowest BCUT2D eigenvalue weighted by molar-refractivity contribution is -0.137. The van der Waals surface area contributed by atoms with E-state index in [-0.39, 0.29) is 22.9 Å². The number of hydrogen-bond donors (Lipinski definition) is 2. The smallest absolute Gasteiger partial charge is 0.323 e. The molecule has 7 nitrogen and oxygen atoms in total. The SMILES string of the molecule is C=CCNS(=O)(=O)c1ccc(C(=O)N(CC(=O)O)CC(C)C)cc1. The predicted molar refractivity (Wildman–Crippen MR) is 90.2 cm³/mol. The summed E-state index contributed by atoms with van der Waals surface area (Å²) in [5.41, 5.74) is 0.236. The van der Waals surface area contributed by atoms with Crippen LogP contribution in [0.4, 0.5) is 0 Å². The molecule has 0 saturated carbocycles. The van der Waals surface area contributed by atoms with Gasteiger partial charge in [-0.1, -0.05) is 19.9 Å². The highest BCUT2D eigenvalue weighted by molar-refractivity contribution is 7.89. The highest BCUT2D eigenvalue weighted by atomic mass is 32.2. The number of carboxylic acid groups (broad SMARTS) is 1. The number of nitrogens with one attached hydrogen (secondary N) is 1. The van der Waals surface area contributed by atoms with Crippen molar-refractivity contribution in [2.45, 2.75) is 18.7 Å². The number of nitrogens with zero attached hydrogens (tertiary/aromatic N) is 1. The molecule has 0 aromatic heterocycles. The fraction of sp³-hybridized carbons (Fsp3) is 0.375. The van der Waals surface area contributed by atoms with Crippen molar-refractivity contribution >= 4 is 21.9 Å². The van der Waals surface area contributed by atoms with Crippen molar-refractivity contribution in [3.05, 3.63) is 42.5 Å². The van der Waals surface area contributed by atoms with Crippen LogP contribution in [0.2, 0.25) is 0 Å². The van der Waals surface area contributed by atoms with Crippen molar-refractivity contribution in [3.8, 4) is 0 Å². The van der Waals surface area contributed by atoms with Gasteiger partial charge in [-0.3, -0.25) is 9.59 Å². The van der Waals surface area contributed by atoms with Gasteiger partial charge in [-0.2, -0.15) is 0 Å². The molecule has 0 aliphatic carbocycles. The van der Waals surface area contributed by atoms with Crippen LogP contribution in [-0.4, -0.2) is 49.9 Å². The van der Waals surface area contributed by atoms with Gasteiger partial charge in [0, 0.05) is 18.7 Å². The van der Waals surface area contributed by atoms with Gasteiger partial charge < -0.3 is 10.0 Å². The molecule has 0 heterocycles. The van der Waals surface area contributed by atoms with E-state index in [1.165, 1.54) is 35.2 Å². The first-order valence-corrected chi connectivity index (χ1v) is 8.87. The monoisotopic (exact) mass is 354 g/mol. The Morgan fingerprint density at radius 1 is 1.29 bits per heavy atom. The molecule has 0 aliphatic rings. The third-order valence-electron chi connectivity index (χ3n) is 3.03. The summed E-state index contributed by atoms with van der Waals surface area (Å²) < 4.78 is 26.3. The summed E-state index contributed by atoms with van der Waals surface area (Å²) in [6.45, 7) is 7.19. The number of amides is 1. The summed E-state index contributed by atoms with van der Waals surface area (Å²) in [6, 6.07) is 5.37. The quantitative estimate of drug-likeness (QED) is 0.651. The summed E-state index contributed by atoms with van der Waals surface area (Å²) in [4.78, 5) is 24.6. The third-order valence-corrected chi connectivity index (χ3v) is 4.47. The van der Waals surface area contributed by atoms with E-state index in [1.54, 1.807) is 0 Å². The average molecular weight is 354 g/mol. The molecular weight excluding hydrogens is 332 g/mol. The predicted octanol–water partition coefficient (Wildman–Crippen LogP) is 1.33. The molecule has 24 heavy (non-hydrogen) atoms. The fourth-order valence-corrected chi connectivity index (χ4v) is 3.03. The number of benzene rings is 1. The van der Waals surface area contributed by atoms with Gasteiger partial charge in [0.15, 0.2) is 0 Å². The molecule has 1 aromatic rings. The summed E-state index contributed by atoms with van der Waals surface area (Å²) in [7, 11) is -3.66. The van der Waals surface area contributed by atoms with Crippen LogP contribution in [0.25, 0.3) is 0 Å². The second kappa shape index (κ2) is 8.60. The maximum atomic E-state index is 12.4. The number of carbonyl (C=O) groups is 2. The van der Waals surface area contributed by atoms with Crippen LogP contribution >= 0.6 is 0 Å². The number of aliphatic carboxylic acids is 1. The van der Waals surface area contributed by atoms with Crippen molar-refractivity contribution in [1.29, 1.82) is 0 Å². The standard InChI is InChI=1S/C16H22N2O5S/c1-4-9-17-24(22,23)14-7-5-13(6-8-14)16(21)18(10-12(2)3)11-15(19)20/h4-8,12,17H,1,9-11H2,2-3H3,(H,19,20). The van der Waals surface area contributed by atoms with Crippen molar-refractivity contribution in [2.24, 2.45) is 5.92 Å². The fourth-order valence-electron chi connectivity index (χ4n) is 2.03. The minimum Gasteiger partial charge on any atom is -0.480 e. The molecule has 0 aliphatic heterocycles. The zero-order valence-electron chi connectivity index (χ0n) is 13.7. The van der Waals surface area contributed by atoms with E-state index in [0.29, 0.717) is 6.54 Å². The third kappa shape index (κ3) is 5.78. The van der Waals surface area contributed by atoms with Gasteiger partial charge in [-0.25, -0.2) is 13.1 Å². The largest absolute Gasteiger partial charge is 0.480 e. The Hall–Kier alpha value is -2.19. The molecule has 0 spiro atoms. The highest BCUT2D eigenvalue weighted by Gasteiger charge is 2.20. The lowest BCUT2D eigenvalue weighted by Crippen LogP contribution is -2.38. The van der Waals surface area contributed by atoms with E-state index in [4.69, 9.17) is 5.11 Å². The molecule has 1 aromatic carbocycles. The maximum Gasteiger partial charge on any atom is 0.323 e. The molecule has 1 amide bonds. The molecule has 0 saturated heterocycles. The van der Waals surface area contributed by atoms with E-state index in [1.807, 2.05) is 13.8 Å². The molecule has 1 rings (SSSR count). The van der Waals surface area contributed by atoms with Gasteiger partial charge in [0.2, 0.25) is 10.0 Å². The maximum absolute atomic E-state index is 12.4. The van der Waals surface area contributed by atoms with Crippen molar-refractivity contribution < 1.29 is 23.1 Å². The van der Waals surface area contributed by atoms with Crippen molar-refractivity contribution in [1.82, 2.24) is 9.62 Å². The van der Waals surface area contributed by atoms with E-state index < -0.39 is 28.4 Å². The van der Waals surface area contributed by atoms with Gasteiger partial charge in [0.1, 0.15) is 6.54 Å². The number of carboxylic acids is 1. The van der Waals surface area contributed by atoms with E-state index >= 15 is 0 Å². The van der Waals surface area contributed by atoms with Crippen LogP contribution in [0.3, 0.4) is 0 Å². The van der Waals surface area contributed by atoms with Gasteiger partial charge in [0.05, 0.1) is 4.90 Å². The zero-order valence-corrected chi connectivity index (χ0v) is 14.5. The lowest BCUT2D eigenvalue weighted by atomic mass is 10.1. The molecule has 0 radical (unpaired) electrons. The first kappa shape index (κ1) is 19.9. The Labute approximate surface area is 142 Å². The Balaban J connectivity index is 2.99. The number of carbonyl (C=O) groups excluding carboxylic acids is 1. The summed E-state index contributed by atoms with van der Waals surface area (Å²) >= 11 is 0. The van der Waals surface area contributed by atoms with Gasteiger partial charge in [-0.15, -0.1) is 6.58 Å². The van der Waals surface area contributed by atoms with Crippen LogP contribution in [-0.2, 0) is 14.8 Å².